The lowest BCUT2D eigenvalue weighted by Crippen LogP contribution is -2.42. The Kier molecular flexibility index (Phi) is 5.15. The van der Waals surface area contributed by atoms with Gasteiger partial charge < -0.3 is 10.2 Å². The summed E-state index contributed by atoms with van der Waals surface area (Å²) in [6.45, 7) is 6.63. The zero-order chi connectivity index (χ0) is 17.0. The van der Waals surface area contributed by atoms with E-state index < -0.39 is 10.3 Å². The molecular formula is C15H22N4O4. The molecule has 0 unspecified atom stereocenters. The summed E-state index contributed by atoms with van der Waals surface area (Å²) >= 11 is 0. The molecule has 0 atom stereocenters. The largest absolute Gasteiger partial charge is 0.377 e. The predicted molar refractivity (Wildman–Crippen MR) is 84.7 cm³/mol. The van der Waals surface area contributed by atoms with Crippen LogP contribution < -0.4 is 5.32 Å². The molecular weight excluding hydrogens is 300 g/mol. The van der Waals surface area contributed by atoms with Crippen LogP contribution in [0.2, 0.25) is 0 Å². The highest BCUT2D eigenvalue weighted by molar-refractivity contribution is 5.75. The zero-order valence-corrected chi connectivity index (χ0v) is 13.6. The number of hydrogen-bond donors (Lipinski definition) is 1. The van der Waals surface area contributed by atoms with Crippen molar-refractivity contribution in [2.45, 2.75) is 39.7 Å². The third-order valence-corrected chi connectivity index (χ3v) is 3.63. The van der Waals surface area contributed by atoms with E-state index in [-0.39, 0.29) is 17.7 Å². The Morgan fingerprint density at radius 1 is 1.43 bits per heavy atom. The van der Waals surface area contributed by atoms with Crippen LogP contribution in [0.25, 0.3) is 0 Å². The van der Waals surface area contributed by atoms with Crippen molar-refractivity contribution in [3.63, 3.8) is 0 Å². The fraction of sp³-hybridized carbons (Fsp3) is 0.600. The van der Waals surface area contributed by atoms with Gasteiger partial charge in [-0.05, 0) is 39.7 Å². The van der Waals surface area contributed by atoms with Gasteiger partial charge in [0.15, 0.2) is 0 Å². The van der Waals surface area contributed by atoms with Crippen molar-refractivity contribution < 1.29 is 14.6 Å². The highest BCUT2D eigenvalue weighted by atomic mass is 16.7. The number of anilines is 1. The SMILES string of the molecule is CC(C)(C)C(=O)ON1CCC(Nc2ccncc2[N+](=O)[O-])CC1. The Bertz CT molecular complexity index is 577. The number of pyridine rings is 1. The first kappa shape index (κ1) is 17.1. The maximum Gasteiger partial charge on any atom is 0.330 e. The standard InChI is InChI=1S/C15H22N4O4/c1-15(2,3)14(20)23-18-8-5-11(6-9-18)17-12-4-7-16-10-13(12)19(21)22/h4,7,10-11H,5-6,8-9H2,1-3H3,(H,16,17). The Morgan fingerprint density at radius 3 is 2.65 bits per heavy atom. The summed E-state index contributed by atoms with van der Waals surface area (Å²) in [6, 6.07) is 1.70. The topological polar surface area (TPSA) is 97.6 Å². The molecule has 23 heavy (non-hydrogen) atoms. The molecule has 0 spiro atoms. The predicted octanol–water partition coefficient (Wildman–Crippen LogP) is 2.37. The minimum atomic E-state index is -0.535. The van der Waals surface area contributed by atoms with E-state index in [1.54, 1.807) is 11.1 Å². The van der Waals surface area contributed by atoms with E-state index in [0.29, 0.717) is 18.8 Å². The third kappa shape index (κ3) is 4.62. The van der Waals surface area contributed by atoms with Gasteiger partial charge in [-0.1, -0.05) is 0 Å². The summed E-state index contributed by atoms with van der Waals surface area (Å²) in [4.78, 5) is 31.5. The van der Waals surface area contributed by atoms with Crippen molar-refractivity contribution >= 4 is 17.3 Å². The lowest BCUT2D eigenvalue weighted by molar-refractivity contribution is -0.384. The van der Waals surface area contributed by atoms with Crippen LogP contribution in [0.15, 0.2) is 18.5 Å². The Labute approximate surface area is 134 Å². The lowest BCUT2D eigenvalue weighted by atomic mass is 9.98. The molecule has 0 aromatic carbocycles. The molecule has 8 heteroatoms. The van der Waals surface area contributed by atoms with Crippen LogP contribution in [0, 0.1) is 15.5 Å². The van der Waals surface area contributed by atoms with Crippen molar-refractivity contribution in [3.05, 3.63) is 28.6 Å². The minimum Gasteiger partial charge on any atom is -0.377 e. The molecule has 1 saturated heterocycles. The summed E-state index contributed by atoms with van der Waals surface area (Å²) in [6.07, 6.45) is 4.23. The average molecular weight is 322 g/mol. The number of nitro groups is 1. The molecule has 0 saturated carbocycles. The van der Waals surface area contributed by atoms with Crippen molar-refractivity contribution in [2.75, 3.05) is 18.4 Å². The molecule has 2 rings (SSSR count). The summed E-state index contributed by atoms with van der Waals surface area (Å²) in [7, 11) is 0. The van der Waals surface area contributed by atoms with Crippen LogP contribution in [0.5, 0.6) is 0 Å². The van der Waals surface area contributed by atoms with E-state index >= 15 is 0 Å². The summed E-state index contributed by atoms with van der Waals surface area (Å²) in [5.41, 5.74) is -0.101. The van der Waals surface area contributed by atoms with E-state index in [9.17, 15) is 14.9 Å². The molecule has 2 heterocycles. The normalized spacial score (nSPS) is 16.8. The maximum atomic E-state index is 11.9. The molecule has 0 amide bonds. The second-order valence-electron chi connectivity index (χ2n) is 6.63. The molecule has 1 aliphatic rings. The fourth-order valence-electron chi connectivity index (χ4n) is 2.22. The van der Waals surface area contributed by atoms with Gasteiger partial charge >= 0.3 is 11.7 Å². The highest BCUT2D eigenvalue weighted by Crippen LogP contribution is 2.25. The Balaban J connectivity index is 1.88. The number of nitrogens with one attached hydrogen (secondary N) is 1. The van der Waals surface area contributed by atoms with Crippen LogP contribution in [0.3, 0.4) is 0 Å². The number of hydroxylamine groups is 2. The number of nitrogens with zero attached hydrogens (tertiary/aromatic N) is 3. The second kappa shape index (κ2) is 6.91. The summed E-state index contributed by atoms with van der Waals surface area (Å²) in [5, 5.41) is 15.8. The molecule has 8 nitrogen and oxygen atoms in total. The van der Waals surface area contributed by atoms with Gasteiger partial charge in [0.2, 0.25) is 0 Å². The van der Waals surface area contributed by atoms with Gasteiger partial charge in [-0.3, -0.25) is 15.1 Å². The van der Waals surface area contributed by atoms with E-state index in [1.807, 2.05) is 20.8 Å². The Morgan fingerprint density at radius 2 is 2.09 bits per heavy atom. The van der Waals surface area contributed by atoms with Gasteiger partial charge in [-0.2, -0.15) is 0 Å². The molecule has 126 valence electrons. The van der Waals surface area contributed by atoms with Crippen LogP contribution in [-0.4, -0.2) is 40.1 Å². The molecule has 1 aromatic rings. The Hall–Kier alpha value is -2.22. The molecule has 0 bridgehead atoms. The quantitative estimate of drug-likeness (QED) is 0.671. The molecule has 1 fully saturated rings. The first-order valence-electron chi connectivity index (χ1n) is 7.59. The molecule has 0 aliphatic carbocycles. The molecule has 1 aromatic heterocycles. The smallest absolute Gasteiger partial charge is 0.330 e. The molecule has 1 N–H and O–H groups in total. The van der Waals surface area contributed by atoms with Gasteiger partial charge in [0, 0.05) is 25.3 Å². The van der Waals surface area contributed by atoms with E-state index in [0.717, 1.165) is 12.8 Å². The van der Waals surface area contributed by atoms with Crippen LogP contribution in [-0.2, 0) is 9.63 Å². The van der Waals surface area contributed by atoms with Gasteiger partial charge in [0.05, 0.1) is 10.3 Å². The molecule has 0 radical (unpaired) electrons. The van der Waals surface area contributed by atoms with E-state index in [2.05, 4.69) is 10.3 Å². The number of carbonyl (C=O) groups is 1. The monoisotopic (exact) mass is 322 g/mol. The minimum absolute atomic E-state index is 0.0333. The zero-order valence-electron chi connectivity index (χ0n) is 13.6. The van der Waals surface area contributed by atoms with Crippen molar-refractivity contribution in [1.82, 2.24) is 10.0 Å². The van der Waals surface area contributed by atoms with Gasteiger partial charge in [0.25, 0.3) is 0 Å². The van der Waals surface area contributed by atoms with Gasteiger partial charge in [0.1, 0.15) is 11.9 Å². The van der Waals surface area contributed by atoms with E-state index in [1.165, 1.54) is 12.4 Å². The fourth-order valence-corrected chi connectivity index (χ4v) is 2.22. The molecule has 1 aliphatic heterocycles. The van der Waals surface area contributed by atoms with Crippen molar-refractivity contribution in [3.8, 4) is 0 Å². The number of rotatable bonds is 4. The first-order valence-corrected chi connectivity index (χ1v) is 7.59. The first-order chi connectivity index (χ1) is 10.8. The van der Waals surface area contributed by atoms with Crippen LogP contribution in [0.1, 0.15) is 33.6 Å². The second-order valence-corrected chi connectivity index (χ2v) is 6.63. The summed E-state index contributed by atoms with van der Waals surface area (Å²) in [5.74, 6) is -0.256. The van der Waals surface area contributed by atoms with Crippen LogP contribution >= 0.6 is 0 Å². The van der Waals surface area contributed by atoms with Gasteiger partial charge in [-0.15, -0.1) is 5.06 Å². The summed E-state index contributed by atoms with van der Waals surface area (Å²) < 4.78 is 0. The van der Waals surface area contributed by atoms with E-state index in [4.69, 9.17) is 4.84 Å². The number of carbonyl (C=O) groups excluding carboxylic acids is 1. The number of aromatic nitrogens is 1. The number of hydrogen-bond acceptors (Lipinski definition) is 7. The lowest BCUT2D eigenvalue weighted by Gasteiger charge is -2.32. The van der Waals surface area contributed by atoms with Gasteiger partial charge in [-0.25, -0.2) is 4.79 Å². The number of piperidine rings is 1. The van der Waals surface area contributed by atoms with Crippen molar-refractivity contribution in [2.24, 2.45) is 5.41 Å². The average Bonchev–Trinajstić information content (AvgIpc) is 2.48. The maximum absolute atomic E-state index is 11.9. The highest BCUT2D eigenvalue weighted by Gasteiger charge is 2.29. The van der Waals surface area contributed by atoms with Crippen molar-refractivity contribution in [1.29, 1.82) is 0 Å². The van der Waals surface area contributed by atoms with Crippen LogP contribution in [0.4, 0.5) is 11.4 Å². The third-order valence-electron chi connectivity index (χ3n) is 3.63.